The summed E-state index contributed by atoms with van der Waals surface area (Å²) in [6.45, 7) is 1.44. The Hall–Kier alpha value is -2.23. The molecule has 0 bridgehead atoms. The SMILES string of the molecule is CC(=O)c1ccccc1NC(=O)CSc1ccc(S(=O)(=O)N(C)C)cn1. The smallest absolute Gasteiger partial charge is 0.244 e. The van der Waals surface area contributed by atoms with E-state index in [1.165, 1.54) is 45.0 Å². The molecule has 1 aromatic heterocycles. The first-order chi connectivity index (χ1) is 12.2. The van der Waals surface area contributed by atoms with Crippen molar-refractivity contribution < 1.29 is 18.0 Å². The van der Waals surface area contributed by atoms with Gasteiger partial charge >= 0.3 is 0 Å². The average molecular weight is 393 g/mol. The first kappa shape index (κ1) is 20.1. The van der Waals surface area contributed by atoms with Crippen LogP contribution < -0.4 is 5.32 Å². The number of benzene rings is 1. The number of Topliss-reactive ketones (excluding diaryl/α,β-unsaturated/α-hetero) is 1. The maximum atomic E-state index is 12.1. The highest BCUT2D eigenvalue weighted by atomic mass is 32.2. The molecule has 26 heavy (non-hydrogen) atoms. The van der Waals surface area contributed by atoms with Gasteiger partial charge in [0.2, 0.25) is 15.9 Å². The molecule has 1 N–H and O–H groups in total. The number of carbonyl (C=O) groups is 2. The van der Waals surface area contributed by atoms with Gasteiger partial charge < -0.3 is 5.32 Å². The Morgan fingerprint density at radius 2 is 1.85 bits per heavy atom. The number of amides is 1. The summed E-state index contributed by atoms with van der Waals surface area (Å²) in [5.74, 6) is -0.331. The Morgan fingerprint density at radius 1 is 1.15 bits per heavy atom. The number of para-hydroxylation sites is 1. The number of sulfonamides is 1. The van der Waals surface area contributed by atoms with Crippen molar-refractivity contribution in [1.29, 1.82) is 0 Å². The van der Waals surface area contributed by atoms with Gasteiger partial charge in [-0.25, -0.2) is 17.7 Å². The van der Waals surface area contributed by atoms with Crippen LogP contribution in [0.3, 0.4) is 0 Å². The van der Waals surface area contributed by atoms with Crippen LogP contribution in [0.25, 0.3) is 0 Å². The normalized spacial score (nSPS) is 11.4. The van der Waals surface area contributed by atoms with Crippen molar-refractivity contribution >= 4 is 39.2 Å². The lowest BCUT2D eigenvalue weighted by Gasteiger charge is -2.11. The van der Waals surface area contributed by atoms with E-state index in [2.05, 4.69) is 10.3 Å². The number of anilines is 1. The van der Waals surface area contributed by atoms with Crippen molar-refractivity contribution in [3.05, 3.63) is 48.2 Å². The Balaban J connectivity index is 1.99. The van der Waals surface area contributed by atoms with E-state index >= 15 is 0 Å². The summed E-state index contributed by atoms with van der Waals surface area (Å²) in [6, 6.07) is 9.79. The molecule has 2 rings (SSSR count). The van der Waals surface area contributed by atoms with Crippen LogP contribution in [0.5, 0.6) is 0 Å². The van der Waals surface area contributed by atoms with Gasteiger partial charge in [0.25, 0.3) is 0 Å². The molecule has 0 fully saturated rings. The summed E-state index contributed by atoms with van der Waals surface area (Å²) in [6.07, 6.45) is 1.26. The zero-order valence-corrected chi connectivity index (χ0v) is 16.2. The van der Waals surface area contributed by atoms with E-state index in [4.69, 9.17) is 0 Å². The van der Waals surface area contributed by atoms with Gasteiger partial charge in [-0.1, -0.05) is 23.9 Å². The van der Waals surface area contributed by atoms with Crippen LogP contribution >= 0.6 is 11.8 Å². The number of rotatable bonds is 7. The van der Waals surface area contributed by atoms with Crippen LogP contribution in [0.1, 0.15) is 17.3 Å². The monoisotopic (exact) mass is 393 g/mol. The molecule has 0 aliphatic carbocycles. The Kier molecular flexibility index (Phi) is 6.52. The summed E-state index contributed by atoms with van der Waals surface area (Å²) >= 11 is 1.17. The van der Waals surface area contributed by atoms with Crippen molar-refractivity contribution in [2.75, 3.05) is 25.2 Å². The number of hydrogen-bond donors (Lipinski definition) is 1. The third kappa shape index (κ3) is 4.90. The van der Waals surface area contributed by atoms with Crippen molar-refractivity contribution in [2.24, 2.45) is 0 Å². The van der Waals surface area contributed by atoms with Gasteiger partial charge in [0, 0.05) is 25.9 Å². The largest absolute Gasteiger partial charge is 0.325 e. The zero-order chi connectivity index (χ0) is 19.3. The number of nitrogens with zero attached hydrogens (tertiary/aromatic N) is 2. The van der Waals surface area contributed by atoms with Crippen LogP contribution in [0, 0.1) is 0 Å². The van der Waals surface area contributed by atoms with Crippen molar-refractivity contribution in [2.45, 2.75) is 16.8 Å². The number of pyridine rings is 1. The van der Waals surface area contributed by atoms with Gasteiger partial charge in [0.05, 0.1) is 16.5 Å². The predicted molar refractivity (Wildman–Crippen MR) is 101 cm³/mol. The maximum absolute atomic E-state index is 12.1. The molecule has 138 valence electrons. The molecule has 2 aromatic rings. The van der Waals surface area contributed by atoms with E-state index in [0.717, 1.165) is 4.31 Å². The van der Waals surface area contributed by atoms with Crippen LogP contribution in [0.4, 0.5) is 5.69 Å². The van der Waals surface area contributed by atoms with E-state index in [0.29, 0.717) is 16.3 Å². The van der Waals surface area contributed by atoms with Gasteiger partial charge in [-0.15, -0.1) is 0 Å². The minimum absolute atomic E-state index is 0.0824. The zero-order valence-electron chi connectivity index (χ0n) is 14.6. The molecule has 0 saturated heterocycles. The summed E-state index contributed by atoms with van der Waals surface area (Å²) in [5.41, 5.74) is 0.910. The van der Waals surface area contributed by atoms with Gasteiger partial charge in [-0.05, 0) is 31.2 Å². The molecule has 1 heterocycles. The number of carbonyl (C=O) groups excluding carboxylic acids is 2. The Morgan fingerprint density at radius 3 is 2.42 bits per heavy atom. The molecule has 0 saturated carbocycles. The molecular formula is C17H19N3O4S2. The Bertz CT molecular complexity index is 910. The van der Waals surface area contributed by atoms with Crippen LogP contribution in [-0.2, 0) is 14.8 Å². The Labute approximate surface area is 156 Å². The number of aromatic nitrogens is 1. The minimum Gasteiger partial charge on any atom is -0.325 e. The van der Waals surface area contributed by atoms with E-state index in [9.17, 15) is 18.0 Å². The van der Waals surface area contributed by atoms with Gasteiger partial charge in [0.15, 0.2) is 5.78 Å². The first-order valence-electron chi connectivity index (χ1n) is 7.63. The predicted octanol–water partition coefficient (Wildman–Crippen LogP) is 2.27. The standard InChI is InChI=1S/C17H19N3O4S2/c1-12(21)14-6-4-5-7-15(14)19-16(22)11-25-17-9-8-13(10-18-17)26(23,24)20(2)3/h4-10H,11H2,1-3H3,(H,19,22). The molecule has 0 spiro atoms. The van der Waals surface area contributed by atoms with Crippen molar-refractivity contribution in [3.63, 3.8) is 0 Å². The number of hydrogen-bond acceptors (Lipinski definition) is 6. The summed E-state index contributed by atoms with van der Waals surface area (Å²) in [5, 5.41) is 3.23. The molecular weight excluding hydrogens is 374 g/mol. The maximum Gasteiger partial charge on any atom is 0.244 e. The van der Waals surface area contributed by atoms with Crippen molar-refractivity contribution in [1.82, 2.24) is 9.29 Å². The fourth-order valence-electron chi connectivity index (χ4n) is 2.04. The van der Waals surface area contributed by atoms with Crippen LogP contribution in [0.15, 0.2) is 52.5 Å². The molecule has 0 radical (unpaired) electrons. The second-order valence-electron chi connectivity index (χ2n) is 5.56. The molecule has 1 aromatic carbocycles. The molecule has 0 aliphatic heterocycles. The van der Waals surface area contributed by atoms with Gasteiger partial charge in [-0.2, -0.15) is 0 Å². The summed E-state index contributed by atoms with van der Waals surface area (Å²) in [7, 11) is -0.637. The number of thioether (sulfide) groups is 1. The van der Waals surface area contributed by atoms with Crippen LogP contribution in [-0.4, -0.2) is 49.2 Å². The fraction of sp³-hybridized carbons (Fsp3) is 0.235. The number of ketones is 1. The second-order valence-corrected chi connectivity index (χ2v) is 8.71. The van der Waals surface area contributed by atoms with E-state index in [1.807, 2.05) is 0 Å². The summed E-state index contributed by atoms with van der Waals surface area (Å²) in [4.78, 5) is 27.8. The van der Waals surface area contributed by atoms with Crippen molar-refractivity contribution in [3.8, 4) is 0 Å². The van der Waals surface area contributed by atoms with Crippen LogP contribution in [0.2, 0.25) is 0 Å². The lowest BCUT2D eigenvalue weighted by Crippen LogP contribution is -2.22. The average Bonchev–Trinajstić information content (AvgIpc) is 2.60. The topological polar surface area (TPSA) is 96.4 Å². The molecule has 0 unspecified atom stereocenters. The number of nitrogens with one attached hydrogen (secondary N) is 1. The van der Waals surface area contributed by atoms with Gasteiger partial charge in [0.1, 0.15) is 4.90 Å². The lowest BCUT2D eigenvalue weighted by atomic mass is 10.1. The third-order valence-electron chi connectivity index (χ3n) is 3.42. The molecule has 1 amide bonds. The van der Waals surface area contributed by atoms with Gasteiger partial charge in [-0.3, -0.25) is 9.59 Å². The molecule has 7 nitrogen and oxygen atoms in total. The highest BCUT2D eigenvalue weighted by Gasteiger charge is 2.17. The molecule has 0 atom stereocenters. The fourth-order valence-corrected chi connectivity index (χ4v) is 3.53. The molecule has 9 heteroatoms. The first-order valence-corrected chi connectivity index (χ1v) is 10.1. The van der Waals surface area contributed by atoms with E-state index < -0.39 is 10.0 Å². The quantitative estimate of drug-likeness (QED) is 0.573. The highest BCUT2D eigenvalue weighted by molar-refractivity contribution is 7.99. The third-order valence-corrected chi connectivity index (χ3v) is 6.16. The van der Waals surface area contributed by atoms with E-state index in [1.54, 1.807) is 30.3 Å². The second kappa shape index (κ2) is 8.43. The van der Waals surface area contributed by atoms with E-state index in [-0.39, 0.29) is 22.3 Å². The summed E-state index contributed by atoms with van der Waals surface area (Å²) < 4.78 is 25.1. The minimum atomic E-state index is -3.53. The molecule has 0 aliphatic rings. The highest BCUT2D eigenvalue weighted by Crippen LogP contribution is 2.20. The lowest BCUT2D eigenvalue weighted by molar-refractivity contribution is -0.113.